The highest BCUT2D eigenvalue weighted by Gasteiger charge is 2.38. The van der Waals surface area contributed by atoms with Crippen LogP contribution in [-0.4, -0.2) is 36.6 Å². The van der Waals surface area contributed by atoms with Crippen LogP contribution in [0.15, 0.2) is 24.3 Å². The van der Waals surface area contributed by atoms with Gasteiger partial charge in [-0.15, -0.1) is 0 Å². The van der Waals surface area contributed by atoms with Gasteiger partial charge in [-0.1, -0.05) is 18.6 Å². The molecule has 9 heteroatoms. The molecule has 3 rings (SSSR count). The Hall–Kier alpha value is -1.87. The summed E-state index contributed by atoms with van der Waals surface area (Å²) in [5.41, 5.74) is -3.19. The van der Waals surface area contributed by atoms with Crippen molar-refractivity contribution in [2.45, 2.75) is 37.7 Å². The molecule has 0 N–H and O–H groups in total. The number of rotatable bonds is 4. The molecule has 1 aromatic heterocycles. The number of piperidine rings is 1. The van der Waals surface area contributed by atoms with Gasteiger partial charge >= 0.3 is 12.4 Å². The van der Waals surface area contributed by atoms with Crippen molar-refractivity contribution in [3.63, 3.8) is 0 Å². The number of hydrogen-bond donors (Lipinski definition) is 0. The molecule has 0 amide bonds. The standard InChI is InChI=1S/C19H20F6N2O/c1-28-15(11-27-8-3-2-4-9-27)13-10-16(19(23,24)25)26-17-12(13)6-5-7-14(17)18(20,21)22/h5-7,10,15H,2-4,8-9,11H2,1H3. The SMILES string of the molecule is COC(CN1CCCCC1)c1cc(C(F)(F)F)nc2c(C(F)(F)F)cccc12. The van der Waals surface area contributed by atoms with Crippen molar-refractivity contribution in [1.82, 2.24) is 9.88 Å². The fraction of sp³-hybridized carbons (Fsp3) is 0.526. The van der Waals surface area contributed by atoms with Crippen LogP contribution in [0.2, 0.25) is 0 Å². The van der Waals surface area contributed by atoms with Crippen molar-refractivity contribution < 1.29 is 31.1 Å². The predicted molar refractivity (Wildman–Crippen MR) is 91.8 cm³/mol. The van der Waals surface area contributed by atoms with E-state index in [0.717, 1.165) is 44.5 Å². The van der Waals surface area contributed by atoms with Gasteiger partial charge in [-0.25, -0.2) is 4.98 Å². The summed E-state index contributed by atoms with van der Waals surface area (Å²) in [5, 5.41) is 0.0201. The number of nitrogens with zero attached hydrogens (tertiary/aromatic N) is 2. The second-order valence-electron chi connectivity index (χ2n) is 6.88. The van der Waals surface area contributed by atoms with Gasteiger partial charge in [-0.2, -0.15) is 26.3 Å². The van der Waals surface area contributed by atoms with Gasteiger partial charge in [0.1, 0.15) is 5.69 Å². The van der Waals surface area contributed by atoms with Gasteiger partial charge in [0.15, 0.2) is 0 Å². The molecule has 0 bridgehead atoms. The van der Waals surface area contributed by atoms with Crippen molar-refractivity contribution in [2.24, 2.45) is 0 Å². The van der Waals surface area contributed by atoms with Crippen molar-refractivity contribution in [1.29, 1.82) is 0 Å². The number of alkyl halides is 6. The van der Waals surface area contributed by atoms with Gasteiger partial charge in [0.05, 0.1) is 17.2 Å². The van der Waals surface area contributed by atoms with Gasteiger partial charge in [0.25, 0.3) is 0 Å². The molecule has 154 valence electrons. The first-order valence-electron chi connectivity index (χ1n) is 8.94. The number of methoxy groups -OCH3 is 1. The number of hydrogen-bond acceptors (Lipinski definition) is 3. The number of benzene rings is 1. The molecule has 1 fully saturated rings. The lowest BCUT2D eigenvalue weighted by Gasteiger charge is -2.30. The topological polar surface area (TPSA) is 25.4 Å². The molecule has 0 saturated carbocycles. The smallest absolute Gasteiger partial charge is 0.375 e. The molecule has 1 atom stereocenters. The molecule has 1 aliphatic heterocycles. The van der Waals surface area contributed by atoms with Gasteiger partial charge in [0, 0.05) is 19.0 Å². The third-order valence-corrected chi connectivity index (χ3v) is 4.97. The molecule has 1 aromatic carbocycles. The van der Waals surface area contributed by atoms with Crippen LogP contribution >= 0.6 is 0 Å². The number of aromatic nitrogens is 1. The molecular formula is C19H20F6N2O. The van der Waals surface area contributed by atoms with Gasteiger partial charge < -0.3 is 9.64 Å². The lowest BCUT2D eigenvalue weighted by atomic mass is 9.98. The van der Waals surface area contributed by atoms with Crippen molar-refractivity contribution in [3.8, 4) is 0 Å². The summed E-state index contributed by atoms with van der Waals surface area (Å²) >= 11 is 0. The Bertz CT molecular complexity index is 828. The number of likely N-dealkylation sites (tertiary alicyclic amines) is 1. The van der Waals surface area contributed by atoms with Gasteiger partial charge in [0.2, 0.25) is 0 Å². The van der Waals surface area contributed by atoms with Crippen LogP contribution < -0.4 is 0 Å². The highest BCUT2D eigenvalue weighted by Crippen LogP contribution is 2.39. The Balaban J connectivity index is 2.16. The minimum absolute atomic E-state index is 0.0201. The Labute approximate surface area is 158 Å². The van der Waals surface area contributed by atoms with Gasteiger partial charge in [-0.3, -0.25) is 0 Å². The Morgan fingerprint density at radius 2 is 1.71 bits per heavy atom. The van der Waals surface area contributed by atoms with E-state index in [1.54, 1.807) is 0 Å². The normalized spacial score (nSPS) is 17.8. The number of fused-ring (bicyclic) bond motifs is 1. The largest absolute Gasteiger partial charge is 0.433 e. The Kier molecular flexibility index (Phi) is 5.86. The van der Waals surface area contributed by atoms with E-state index in [1.165, 1.54) is 19.2 Å². The molecule has 2 heterocycles. The minimum Gasteiger partial charge on any atom is -0.375 e. The number of halogens is 6. The van der Waals surface area contributed by atoms with Crippen LogP contribution in [0.1, 0.15) is 42.2 Å². The molecule has 1 unspecified atom stereocenters. The van der Waals surface area contributed by atoms with Crippen LogP contribution in [0.25, 0.3) is 10.9 Å². The maximum Gasteiger partial charge on any atom is 0.433 e. The highest BCUT2D eigenvalue weighted by atomic mass is 19.4. The quantitative estimate of drug-likeness (QED) is 0.632. The first kappa shape index (κ1) is 20.9. The van der Waals surface area contributed by atoms with Crippen molar-refractivity contribution >= 4 is 10.9 Å². The van der Waals surface area contributed by atoms with Crippen LogP contribution in [0, 0.1) is 0 Å². The third-order valence-electron chi connectivity index (χ3n) is 4.97. The molecular weight excluding hydrogens is 386 g/mol. The van der Waals surface area contributed by atoms with Crippen LogP contribution in [0.3, 0.4) is 0 Å². The summed E-state index contributed by atoms with van der Waals surface area (Å²) in [4.78, 5) is 5.38. The summed E-state index contributed by atoms with van der Waals surface area (Å²) in [5.74, 6) is 0. The Morgan fingerprint density at radius 1 is 1.04 bits per heavy atom. The highest BCUT2D eigenvalue weighted by molar-refractivity contribution is 5.86. The zero-order valence-corrected chi connectivity index (χ0v) is 15.2. The van der Waals surface area contributed by atoms with E-state index in [1.807, 2.05) is 0 Å². The molecule has 0 spiro atoms. The number of ether oxygens (including phenoxy) is 1. The van der Waals surface area contributed by atoms with E-state index < -0.39 is 35.2 Å². The van der Waals surface area contributed by atoms with E-state index >= 15 is 0 Å². The summed E-state index contributed by atoms with van der Waals surface area (Å²) in [6.45, 7) is 1.87. The zero-order valence-electron chi connectivity index (χ0n) is 15.2. The van der Waals surface area contributed by atoms with Gasteiger partial charge in [-0.05, 0) is 43.6 Å². The Morgan fingerprint density at radius 3 is 2.29 bits per heavy atom. The molecule has 3 nitrogen and oxygen atoms in total. The fourth-order valence-corrected chi connectivity index (χ4v) is 3.59. The third kappa shape index (κ3) is 4.41. The van der Waals surface area contributed by atoms with Crippen LogP contribution in [0.5, 0.6) is 0 Å². The maximum atomic E-state index is 13.4. The summed E-state index contributed by atoms with van der Waals surface area (Å²) in [6, 6.07) is 4.08. The van der Waals surface area contributed by atoms with E-state index in [9.17, 15) is 26.3 Å². The first-order valence-corrected chi connectivity index (χ1v) is 8.94. The molecule has 2 aromatic rings. The average molecular weight is 406 g/mol. The van der Waals surface area contributed by atoms with E-state index in [0.29, 0.717) is 6.54 Å². The number of pyridine rings is 1. The summed E-state index contributed by atoms with van der Waals surface area (Å²) in [7, 11) is 1.35. The zero-order chi connectivity index (χ0) is 20.5. The number of para-hydroxylation sites is 1. The summed E-state index contributed by atoms with van der Waals surface area (Å²) in [6.07, 6.45) is -7.46. The fourth-order valence-electron chi connectivity index (χ4n) is 3.59. The van der Waals surface area contributed by atoms with Crippen molar-refractivity contribution in [3.05, 3.63) is 41.1 Å². The molecule has 28 heavy (non-hydrogen) atoms. The first-order chi connectivity index (χ1) is 13.1. The minimum atomic E-state index is -4.87. The second kappa shape index (κ2) is 7.87. The van der Waals surface area contributed by atoms with Crippen LogP contribution in [0.4, 0.5) is 26.3 Å². The predicted octanol–water partition coefficient (Wildman–Crippen LogP) is 5.45. The molecule has 1 aliphatic rings. The monoisotopic (exact) mass is 406 g/mol. The summed E-state index contributed by atoms with van der Waals surface area (Å²) < 4.78 is 85.6. The maximum absolute atomic E-state index is 13.4. The molecule has 0 radical (unpaired) electrons. The molecule has 1 saturated heterocycles. The van der Waals surface area contributed by atoms with E-state index in [4.69, 9.17) is 4.74 Å². The lowest BCUT2D eigenvalue weighted by Crippen LogP contribution is -2.34. The molecule has 0 aliphatic carbocycles. The lowest BCUT2D eigenvalue weighted by molar-refractivity contribution is -0.142. The van der Waals surface area contributed by atoms with Crippen LogP contribution in [-0.2, 0) is 17.1 Å². The van der Waals surface area contributed by atoms with Crippen molar-refractivity contribution in [2.75, 3.05) is 26.7 Å². The second-order valence-corrected chi connectivity index (χ2v) is 6.88. The average Bonchev–Trinajstić information content (AvgIpc) is 2.64. The van der Waals surface area contributed by atoms with E-state index in [-0.39, 0.29) is 10.9 Å². The van der Waals surface area contributed by atoms with E-state index in [2.05, 4.69) is 9.88 Å².